The predicted molar refractivity (Wildman–Crippen MR) is 123 cm³/mol. The number of carbonyl (C=O) groups is 1. The zero-order valence-corrected chi connectivity index (χ0v) is 16.6. The summed E-state index contributed by atoms with van der Waals surface area (Å²) in [5, 5.41) is 5.03. The van der Waals surface area contributed by atoms with Crippen LogP contribution in [0.5, 0.6) is 0 Å². The minimum atomic E-state index is -0.266. The number of fused-ring (bicyclic) bond motifs is 1. The fraction of sp³-hybridized carbons (Fsp3) is 0.0385. The predicted octanol–water partition coefficient (Wildman–Crippen LogP) is 5.72. The second kappa shape index (κ2) is 8.97. The Balaban J connectivity index is 1.62. The Kier molecular flexibility index (Phi) is 5.76. The number of hydrazone groups is 1. The van der Waals surface area contributed by atoms with Crippen molar-refractivity contribution in [3.8, 4) is 11.3 Å². The molecule has 4 rings (SSSR count). The summed E-state index contributed by atoms with van der Waals surface area (Å²) in [5.41, 5.74) is 7.48. The number of allylic oxidation sites excluding steroid dienone is 1. The number of carbonyl (C=O) groups excluding carboxylic acids is 1. The molecule has 4 heteroatoms. The summed E-state index contributed by atoms with van der Waals surface area (Å²) in [6, 6.07) is 29.2. The molecule has 0 atom stereocenters. The molecule has 4 nitrogen and oxygen atoms in total. The number of hydrogen-bond acceptors (Lipinski definition) is 3. The monoisotopic (exact) mass is 391 g/mol. The molecule has 1 aromatic heterocycles. The maximum absolute atomic E-state index is 13.0. The Morgan fingerprint density at radius 2 is 1.57 bits per heavy atom. The third-order valence-corrected chi connectivity index (χ3v) is 4.68. The van der Waals surface area contributed by atoms with E-state index in [0.717, 1.165) is 27.7 Å². The van der Waals surface area contributed by atoms with E-state index in [-0.39, 0.29) is 5.91 Å². The highest BCUT2D eigenvalue weighted by molar-refractivity contribution is 6.07. The van der Waals surface area contributed by atoms with Crippen molar-refractivity contribution in [2.24, 2.45) is 5.10 Å². The Morgan fingerprint density at radius 3 is 2.33 bits per heavy atom. The van der Waals surface area contributed by atoms with Crippen molar-refractivity contribution in [2.75, 3.05) is 0 Å². The quantitative estimate of drug-likeness (QED) is 0.349. The maximum atomic E-state index is 13.0. The first kappa shape index (κ1) is 19.3. The number of para-hydroxylation sites is 1. The van der Waals surface area contributed by atoms with E-state index in [1.807, 2.05) is 110 Å². The number of nitrogens with zero attached hydrogens (tertiary/aromatic N) is 2. The molecule has 1 N–H and O–H groups in total. The first-order valence-electron chi connectivity index (χ1n) is 9.74. The minimum absolute atomic E-state index is 0.266. The average molecular weight is 391 g/mol. The molecule has 146 valence electrons. The van der Waals surface area contributed by atoms with Crippen molar-refractivity contribution in [2.45, 2.75) is 6.92 Å². The number of rotatable bonds is 5. The summed E-state index contributed by atoms with van der Waals surface area (Å²) in [6.07, 6.45) is 3.83. The van der Waals surface area contributed by atoms with Gasteiger partial charge in [-0.15, -0.1) is 0 Å². The summed E-state index contributed by atoms with van der Waals surface area (Å²) >= 11 is 0. The van der Waals surface area contributed by atoms with Gasteiger partial charge in [-0.05, 0) is 30.7 Å². The van der Waals surface area contributed by atoms with Crippen LogP contribution in [-0.4, -0.2) is 16.6 Å². The zero-order chi connectivity index (χ0) is 20.8. The van der Waals surface area contributed by atoms with Crippen LogP contribution >= 0.6 is 0 Å². The van der Waals surface area contributed by atoms with Gasteiger partial charge in [0.05, 0.1) is 22.5 Å². The van der Waals surface area contributed by atoms with Crippen molar-refractivity contribution >= 4 is 28.6 Å². The Labute approximate surface area is 175 Å². The Bertz CT molecular complexity index is 1230. The minimum Gasteiger partial charge on any atom is -0.267 e. The lowest BCUT2D eigenvalue weighted by molar-refractivity contribution is 0.0956. The van der Waals surface area contributed by atoms with Gasteiger partial charge in [0.1, 0.15) is 0 Å². The highest BCUT2D eigenvalue weighted by Crippen LogP contribution is 2.24. The first-order valence-corrected chi connectivity index (χ1v) is 9.74. The van der Waals surface area contributed by atoms with Gasteiger partial charge in [0.2, 0.25) is 0 Å². The zero-order valence-electron chi connectivity index (χ0n) is 16.6. The van der Waals surface area contributed by atoms with Gasteiger partial charge in [0.25, 0.3) is 5.91 Å². The van der Waals surface area contributed by atoms with E-state index < -0.39 is 0 Å². The molecule has 0 fully saturated rings. The van der Waals surface area contributed by atoms with E-state index >= 15 is 0 Å². The van der Waals surface area contributed by atoms with E-state index in [9.17, 15) is 4.79 Å². The molecule has 0 aliphatic rings. The molecule has 0 radical (unpaired) electrons. The molecule has 0 saturated carbocycles. The van der Waals surface area contributed by atoms with E-state index in [0.29, 0.717) is 11.3 Å². The van der Waals surface area contributed by atoms with Crippen LogP contribution < -0.4 is 5.43 Å². The molecular weight excluding hydrogens is 370 g/mol. The van der Waals surface area contributed by atoms with Crippen LogP contribution in [0.2, 0.25) is 0 Å². The molecular formula is C26H21N3O. The van der Waals surface area contributed by atoms with Crippen LogP contribution in [0.15, 0.2) is 102 Å². The van der Waals surface area contributed by atoms with Crippen LogP contribution in [0.1, 0.15) is 22.8 Å². The maximum Gasteiger partial charge on any atom is 0.272 e. The van der Waals surface area contributed by atoms with Gasteiger partial charge in [-0.1, -0.05) is 84.9 Å². The summed E-state index contributed by atoms with van der Waals surface area (Å²) in [7, 11) is 0. The Hall–Kier alpha value is -4.05. The smallest absolute Gasteiger partial charge is 0.267 e. The molecule has 0 bridgehead atoms. The van der Waals surface area contributed by atoms with Gasteiger partial charge < -0.3 is 0 Å². The standard InChI is InChI=1S/C26H21N3O/c1-19(16-17-20-10-4-2-5-11-20)28-29-26(30)23-18-25(21-12-6-3-7-13-21)27-24-15-9-8-14-22(23)24/h2-18H,1H3,(H,29,30)/b17-16-,28-19+. The summed E-state index contributed by atoms with van der Waals surface area (Å²) in [4.78, 5) is 17.7. The van der Waals surface area contributed by atoms with Gasteiger partial charge >= 0.3 is 0 Å². The number of benzene rings is 3. The summed E-state index contributed by atoms with van der Waals surface area (Å²) in [5.74, 6) is -0.266. The average Bonchev–Trinajstić information content (AvgIpc) is 2.81. The lowest BCUT2D eigenvalue weighted by atomic mass is 10.0. The molecule has 30 heavy (non-hydrogen) atoms. The molecule has 0 unspecified atom stereocenters. The van der Waals surface area contributed by atoms with Crippen LogP contribution in [0.3, 0.4) is 0 Å². The van der Waals surface area contributed by atoms with Crippen molar-refractivity contribution in [1.82, 2.24) is 10.4 Å². The molecule has 1 heterocycles. The van der Waals surface area contributed by atoms with Crippen LogP contribution in [0, 0.1) is 0 Å². The van der Waals surface area contributed by atoms with Crippen molar-refractivity contribution in [3.63, 3.8) is 0 Å². The van der Waals surface area contributed by atoms with Crippen LogP contribution in [-0.2, 0) is 0 Å². The Morgan fingerprint density at radius 1 is 0.900 bits per heavy atom. The van der Waals surface area contributed by atoms with E-state index in [1.165, 1.54) is 0 Å². The summed E-state index contributed by atoms with van der Waals surface area (Å²) < 4.78 is 0. The summed E-state index contributed by atoms with van der Waals surface area (Å²) in [6.45, 7) is 1.85. The van der Waals surface area contributed by atoms with Crippen molar-refractivity contribution in [1.29, 1.82) is 0 Å². The topological polar surface area (TPSA) is 54.4 Å². The van der Waals surface area contributed by atoms with Crippen LogP contribution in [0.25, 0.3) is 28.2 Å². The van der Waals surface area contributed by atoms with Gasteiger partial charge in [-0.3, -0.25) is 4.79 Å². The number of aromatic nitrogens is 1. The highest BCUT2D eigenvalue weighted by Gasteiger charge is 2.13. The third-order valence-electron chi connectivity index (χ3n) is 4.68. The fourth-order valence-corrected chi connectivity index (χ4v) is 3.14. The normalized spacial score (nSPS) is 11.7. The number of nitrogens with one attached hydrogen (secondary N) is 1. The van der Waals surface area contributed by atoms with E-state index in [2.05, 4.69) is 10.5 Å². The highest BCUT2D eigenvalue weighted by atomic mass is 16.2. The lowest BCUT2D eigenvalue weighted by Crippen LogP contribution is -2.19. The van der Waals surface area contributed by atoms with Gasteiger partial charge in [-0.2, -0.15) is 5.10 Å². The second-order valence-electron chi connectivity index (χ2n) is 6.88. The van der Waals surface area contributed by atoms with E-state index in [4.69, 9.17) is 4.98 Å². The second-order valence-corrected chi connectivity index (χ2v) is 6.88. The first-order chi connectivity index (χ1) is 14.7. The molecule has 4 aromatic rings. The number of amides is 1. The molecule has 3 aromatic carbocycles. The van der Waals surface area contributed by atoms with Gasteiger partial charge in [-0.25, -0.2) is 10.4 Å². The van der Waals surface area contributed by atoms with Gasteiger partial charge in [0.15, 0.2) is 0 Å². The molecule has 0 aliphatic carbocycles. The van der Waals surface area contributed by atoms with Gasteiger partial charge in [0, 0.05) is 10.9 Å². The lowest BCUT2D eigenvalue weighted by Gasteiger charge is -2.09. The molecule has 0 saturated heterocycles. The molecule has 0 spiro atoms. The number of pyridine rings is 1. The van der Waals surface area contributed by atoms with E-state index in [1.54, 1.807) is 0 Å². The fourth-order valence-electron chi connectivity index (χ4n) is 3.14. The molecule has 1 amide bonds. The largest absolute Gasteiger partial charge is 0.272 e. The SMILES string of the molecule is CC(/C=C\c1ccccc1)=N\NC(=O)c1cc(-c2ccccc2)nc2ccccc12. The van der Waals surface area contributed by atoms with Crippen molar-refractivity contribution < 1.29 is 4.79 Å². The van der Waals surface area contributed by atoms with Crippen LogP contribution in [0.4, 0.5) is 0 Å². The molecule has 0 aliphatic heterocycles. The number of hydrogen-bond donors (Lipinski definition) is 1. The van der Waals surface area contributed by atoms with Crippen molar-refractivity contribution in [3.05, 3.63) is 108 Å². The third kappa shape index (κ3) is 4.50.